The smallest absolute Gasteiger partial charge is 0.0497 e. The molecular formula is C20H24N2. The molecule has 1 aromatic heterocycles. The van der Waals surface area contributed by atoms with Crippen LogP contribution in [0.3, 0.4) is 0 Å². The average molecular weight is 292 g/mol. The van der Waals surface area contributed by atoms with Gasteiger partial charge in [-0.25, -0.2) is 0 Å². The highest BCUT2D eigenvalue weighted by Gasteiger charge is 2.13. The summed E-state index contributed by atoms with van der Waals surface area (Å²) < 4.78 is 0. The summed E-state index contributed by atoms with van der Waals surface area (Å²) in [5, 5.41) is 1.37. The van der Waals surface area contributed by atoms with Crippen LogP contribution >= 0.6 is 0 Å². The van der Waals surface area contributed by atoms with Gasteiger partial charge >= 0.3 is 0 Å². The molecule has 0 atom stereocenters. The van der Waals surface area contributed by atoms with Crippen molar-refractivity contribution < 1.29 is 0 Å². The second kappa shape index (κ2) is 6.80. The molecule has 3 aromatic rings. The number of H-pyrrole nitrogens is 1. The van der Waals surface area contributed by atoms with Crippen LogP contribution in [0.2, 0.25) is 0 Å². The molecule has 0 aliphatic rings. The Morgan fingerprint density at radius 2 is 1.82 bits per heavy atom. The molecule has 2 heteroatoms. The molecule has 2 nitrogen and oxygen atoms in total. The highest BCUT2D eigenvalue weighted by atomic mass is 14.7. The van der Waals surface area contributed by atoms with Gasteiger partial charge in [-0.05, 0) is 61.1 Å². The molecule has 0 saturated carbocycles. The number of hydrogen-bond acceptors (Lipinski definition) is 1. The van der Waals surface area contributed by atoms with E-state index in [1.165, 1.54) is 33.3 Å². The fraction of sp³-hybridized carbons (Fsp3) is 0.300. The number of aromatic nitrogens is 1. The van der Waals surface area contributed by atoms with Gasteiger partial charge in [-0.2, -0.15) is 0 Å². The van der Waals surface area contributed by atoms with E-state index < -0.39 is 0 Å². The number of aromatic amines is 1. The maximum absolute atomic E-state index is 5.67. The lowest BCUT2D eigenvalue weighted by molar-refractivity contribution is 0.748. The summed E-state index contributed by atoms with van der Waals surface area (Å²) in [6.45, 7) is 2.98. The summed E-state index contributed by atoms with van der Waals surface area (Å²) in [6.07, 6.45) is 4.37. The fourth-order valence-electron chi connectivity index (χ4n) is 3.07. The molecule has 1 heterocycles. The molecule has 0 bridgehead atoms. The summed E-state index contributed by atoms with van der Waals surface area (Å²) >= 11 is 0. The Labute approximate surface area is 132 Å². The molecule has 0 radical (unpaired) electrons. The quantitative estimate of drug-likeness (QED) is 0.636. The van der Waals surface area contributed by atoms with E-state index in [9.17, 15) is 0 Å². The highest BCUT2D eigenvalue weighted by molar-refractivity contribution is 5.91. The van der Waals surface area contributed by atoms with Gasteiger partial charge in [0.05, 0.1) is 0 Å². The van der Waals surface area contributed by atoms with Crippen molar-refractivity contribution in [3.05, 3.63) is 59.7 Å². The van der Waals surface area contributed by atoms with Gasteiger partial charge in [0.1, 0.15) is 0 Å². The van der Waals surface area contributed by atoms with Crippen LogP contribution in [0.15, 0.2) is 48.5 Å². The van der Waals surface area contributed by atoms with E-state index in [-0.39, 0.29) is 0 Å². The summed E-state index contributed by atoms with van der Waals surface area (Å²) in [6, 6.07) is 17.4. The van der Waals surface area contributed by atoms with Crippen LogP contribution in [0, 0.1) is 0 Å². The molecule has 0 unspecified atom stereocenters. The Morgan fingerprint density at radius 3 is 2.55 bits per heavy atom. The number of unbranched alkanes of at least 4 members (excludes halogenated alkanes) is 1. The van der Waals surface area contributed by atoms with E-state index in [0.29, 0.717) is 0 Å². The first-order valence-electron chi connectivity index (χ1n) is 8.22. The van der Waals surface area contributed by atoms with Crippen LogP contribution in [0.1, 0.15) is 30.9 Å². The Bertz CT molecular complexity index is 741. The molecule has 0 saturated heterocycles. The number of aryl methyl sites for hydroxylation is 2. The van der Waals surface area contributed by atoms with Crippen molar-refractivity contribution in [2.75, 3.05) is 6.54 Å². The SMILES string of the molecule is CCc1ccc2[nH]c(-c3ccccc3)c(CCCCN)c2c1. The Hall–Kier alpha value is -2.06. The third-order valence-corrected chi connectivity index (χ3v) is 4.32. The topological polar surface area (TPSA) is 41.8 Å². The fourth-order valence-corrected chi connectivity index (χ4v) is 3.07. The molecule has 0 spiro atoms. The Kier molecular flexibility index (Phi) is 4.59. The molecule has 2 aromatic carbocycles. The first-order chi connectivity index (χ1) is 10.8. The third-order valence-electron chi connectivity index (χ3n) is 4.32. The predicted molar refractivity (Wildman–Crippen MR) is 95.1 cm³/mol. The van der Waals surface area contributed by atoms with E-state index in [0.717, 1.165) is 32.2 Å². The van der Waals surface area contributed by atoms with E-state index in [1.807, 2.05) is 0 Å². The monoisotopic (exact) mass is 292 g/mol. The summed E-state index contributed by atoms with van der Waals surface area (Å²) in [5.74, 6) is 0. The number of hydrogen-bond donors (Lipinski definition) is 2. The maximum atomic E-state index is 5.67. The molecule has 3 rings (SSSR count). The van der Waals surface area contributed by atoms with Crippen molar-refractivity contribution in [1.29, 1.82) is 0 Å². The summed E-state index contributed by atoms with van der Waals surface area (Å²) in [5.41, 5.74) is 12.3. The van der Waals surface area contributed by atoms with E-state index >= 15 is 0 Å². The number of nitrogens with two attached hydrogens (primary N) is 1. The predicted octanol–water partition coefficient (Wildman–Crippen LogP) is 4.68. The zero-order chi connectivity index (χ0) is 15.4. The number of fused-ring (bicyclic) bond motifs is 1. The van der Waals surface area contributed by atoms with Gasteiger partial charge in [0.25, 0.3) is 0 Å². The zero-order valence-electron chi connectivity index (χ0n) is 13.2. The number of rotatable bonds is 6. The van der Waals surface area contributed by atoms with E-state index in [4.69, 9.17) is 5.73 Å². The largest absolute Gasteiger partial charge is 0.354 e. The molecular weight excluding hydrogens is 268 g/mol. The summed E-state index contributed by atoms with van der Waals surface area (Å²) in [7, 11) is 0. The van der Waals surface area contributed by atoms with Gasteiger partial charge in [0.2, 0.25) is 0 Å². The first-order valence-corrected chi connectivity index (χ1v) is 8.22. The summed E-state index contributed by atoms with van der Waals surface area (Å²) in [4.78, 5) is 3.63. The lowest BCUT2D eigenvalue weighted by Crippen LogP contribution is -1.99. The lowest BCUT2D eigenvalue weighted by atomic mass is 9.99. The molecule has 0 aliphatic heterocycles. The van der Waals surface area contributed by atoms with Gasteiger partial charge in [-0.1, -0.05) is 43.3 Å². The minimum atomic E-state index is 0.767. The second-order valence-electron chi connectivity index (χ2n) is 5.82. The highest BCUT2D eigenvalue weighted by Crippen LogP contribution is 2.32. The molecule has 0 fully saturated rings. The second-order valence-corrected chi connectivity index (χ2v) is 5.82. The van der Waals surface area contributed by atoms with E-state index in [1.54, 1.807) is 0 Å². The van der Waals surface area contributed by atoms with Crippen molar-refractivity contribution in [2.24, 2.45) is 5.73 Å². The maximum Gasteiger partial charge on any atom is 0.0497 e. The Morgan fingerprint density at radius 1 is 1.00 bits per heavy atom. The van der Waals surface area contributed by atoms with Gasteiger partial charge in [0, 0.05) is 16.6 Å². The van der Waals surface area contributed by atoms with Crippen LogP contribution in [0.4, 0.5) is 0 Å². The van der Waals surface area contributed by atoms with Crippen molar-refractivity contribution in [1.82, 2.24) is 4.98 Å². The van der Waals surface area contributed by atoms with Crippen molar-refractivity contribution in [3.63, 3.8) is 0 Å². The van der Waals surface area contributed by atoms with Crippen LogP contribution < -0.4 is 5.73 Å². The Balaban J connectivity index is 2.11. The average Bonchev–Trinajstić information content (AvgIpc) is 2.94. The van der Waals surface area contributed by atoms with Crippen LogP contribution in [0.25, 0.3) is 22.2 Å². The van der Waals surface area contributed by atoms with Gasteiger partial charge in [-0.3, -0.25) is 0 Å². The third kappa shape index (κ3) is 2.93. The van der Waals surface area contributed by atoms with Gasteiger partial charge in [0.15, 0.2) is 0 Å². The van der Waals surface area contributed by atoms with Crippen molar-refractivity contribution >= 4 is 10.9 Å². The zero-order valence-corrected chi connectivity index (χ0v) is 13.2. The standard InChI is InChI=1S/C20H24N2/c1-2-15-11-12-19-18(14-15)17(10-6-7-13-21)20(22-19)16-8-4-3-5-9-16/h3-5,8-9,11-12,14,22H,2,6-7,10,13,21H2,1H3. The molecule has 0 aliphatic carbocycles. The normalized spacial score (nSPS) is 11.2. The minimum Gasteiger partial charge on any atom is -0.354 e. The molecule has 114 valence electrons. The van der Waals surface area contributed by atoms with Crippen LogP contribution in [-0.2, 0) is 12.8 Å². The van der Waals surface area contributed by atoms with Gasteiger partial charge in [-0.15, -0.1) is 0 Å². The first kappa shape index (κ1) is 14.9. The van der Waals surface area contributed by atoms with Crippen molar-refractivity contribution in [3.8, 4) is 11.3 Å². The van der Waals surface area contributed by atoms with Crippen LogP contribution in [-0.4, -0.2) is 11.5 Å². The lowest BCUT2D eigenvalue weighted by Gasteiger charge is -2.05. The number of benzene rings is 2. The van der Waals surface area contributed by atoms with Crippen LogP contribution in [0.5, 0.6) is 0 Å². The molecule has 0 amide bonds. The van der Waals surface area contributed by atoms with Gasteiger partial charge < -0.3 is 10.7 Å². The van der Waals surface area contributed by atoms with Crippen molar-refractivity contribution in [2.45, 2.75) is 32.6 Å². The molecule has 22 heavy (non-hydrogen) atoms. The number of nitrogens with one attached hydrogen (secondary N) is 1. The minimum absolute atomic E-state index is 0.767. The van der Waals surface area contributed by atoms with E-state index in [2.05, 4.69) is 60.4 Å². The molecule has 3 N–H and O–H groups in total.